The Kier molecular flexibility index (Phi) is 47.3. The fourth-order valence-electron chi connectivity index (χ4n) is 10.8. The van der Waals surface area contributed by atoms with Crippen LogP contribution in [0.25, 0.3) is 0 Å². The van der Waals surface area contributed by atoms with E-state index in [1.807, 2.05) is 249 Å². The second-order valence-electron chi connectivity index (χ2n) is 40.6. The molecule has 1 aliphatic carbocycles. The Hall–Kier alpha value is -8.86. The summed E-state index contributed by atoms with van der Waals surface area (Å²) in [7, 11) is 3.86. The minimum Gasteiger partial charge on any atom is -0.497 e. The van der Waals surface area contributed by atoms with E-state index < -0.39 is 0 Å². The van der Waals surface area contributed by atoms with Crippen LogP contribution in [0.5, 0.6) is 51.7 Å². The number of piperazine rings is 1. The van der Waals surface area contributed by atoms with Crippen molar-refractivity contribution in [2.45, 2.75) is 311 Å². The van der Waals surface area contributed by atoms with Crippen molar-refractivity contribution in [3.8, 4) is 51.7 Å². The lowest BCUT2D eigenvalue weighted by atomic mass is 9.91. The molecule has 0 bridgehead atoms. The summed E-state index contributed by atoms with van der Waals surface area (Å²) in [5, 5.41) is 3.12. The molecular formula is C105H160F3N3O10. The zero-order valence-corrected chi connectivity index (χ0v) is 81.3. The third-order valence-electron chi connectivity index (χ3n) is 15.6. The summed E-state index contributed by atoms with van der Waals surface area (Å²) in [6.07, 6.45) is 6.22. The molecule has 1 saturated heterocycles. The van der Waals surface area contributed by atoms with Gasteiger partial charge >= 0.3 is 0 Å². The van der Waals surface area contributed by atoms with E-state index in [-0.39, 0.29) is 73.6 Å². The molecule has 0 radical (unpaired) electrons. The minimum atomic E-state index is -0.345. The van der Waals surface area contributed by atoms with Gasteiger partial charge in [0.1, 0.15) is 102 Å². The molecule has 0 unspecified atom stereocenters. The second-order valence-corrected chi connectivity index (χ2v) is 40.6. The Morgan fingerprint density at radius 2 is 0.694 bits per heavy atom. The number of amides is 1. The number of carbonyl (C=O) groups excluding carboxylic acids is 1. The number of halogens is 3. The lowest BCUT2D eigenvalue weighted by molar-refractivity contribution is -0.129. The second kappa shape index (κ2) is 51.9. The van der Waals surface area contributed by atoms with Gasteiger partial charge in [0.05, 0.1) is 7.11 Å². The lowest BCUT2D eigenvalue weighted by Gasteiger charge is -2.36. The van der Waals surface area contributed by atoms with Crippen LogP contribution in [-0.4, -0.2) is 113 Å². The molecule has 16 heteroatoms. The number of nitrogens with zero attached hydrogens (tertiary/aromatic N) is 2. The average Bonchev–Trinajstić information content (AvgIpc) is 0.884. The highest BCUT2D eigenvalue weighted by molar-refractivity contribution is 5.81. The molecule has 0 spiro atoms. The molecule has 0 aromatic heterocycles. The highest BCUT2D eigenvalue weighted by Crippen LogP contribution is 2.28. The number of nitrogens with one attached hydrogen (secondary N) is 1. The molecule has 676 valence electrons. The molecule has 1 heterocycles. The topological polar surface area (TPSA) is 119 Å². The van der Waals surface area contributed by atoms with Crippen LogP contribution in [0.3, 0.4) is 0 Å². The van der Waals surface area contributed by atoms with Crippen molar-refractivity contribution in [1.29, 1.82) is 0 Å². The van der Waals surface area contributed by atoms with Crippen LogP contribution >= 0.6 is 0 Å². The quantitative estimate of drug-likeness (QED) is 0.133. The summed E-state index contributed by atoms with van der Waals surface area (Å²) in [4.78, 5) is 16.6. The lowest BCUT2D eigenvalue weighted by Crippen LogP contribution is -2.47. The zero-order chi connectivity index (χ0) is 92.4. The smallest absolute Gasteiger partial charge is 0.225 e. The van der Waals surface area contributed by atoms with Crippen LogP contribution in [-0.2, 0) is 4.79 Å². The SMILES string of the molecule is CC(C)(C)C(=O)NC1CCCCC1.CC(C)(C)Oc1ccc(F)cc1.CC(C)(C)Oc1cccc(F)c1.CC(C)(C)Oc1ccccc1.CC(C)(C)Oc1ccccc1F.CN1CCN(CC(C)(C)C)CC1.COc1ccc(OC(C)(C)C)cc1.Cc1ccc(OC(C)(C)C)cc1.Cc1cccc(OC(C)(C)C)c1.Cc1ccccc1OC(C)(C)C. The van der Waals surface area contributed by atoms with Gasteiger partial charge in [-0.2, -0.15) is 0 Å². The van der Waals surface area contributed by atoms with Gasteiger partial charge in [-0.1, -0.05) is 145 Å². The van der Waals surface area contributed by atoms with Crippen LogP contribution in [0.1, 0.15) is 257 Å². The molecule has 2 fully saturated rings. The number of likely N-dealkylation sites (N-methyl/N-ethyl adjacent to an activating group) is 1. The largest absolute Gasteiger partial charge is 0.497 e. The number of carbonyl (C=O) groups is 1. The van der Waals surface area contributed by atoms with Gasteiger partial charge in [0.2, 0.25) is 5.91 Å². The van der Waals surface area contributed by atoms with E-state index >= 15 is 0 Å². The molecule has 1 aliphatic heterocycles. The van der Waals surface area contributed by atoms with Crippen LogP contribution in [0.4, 0.5) is 13.2 Å². The first-order chi connectivity index (χ1) is 55.4. The van der Waals surface area contributed by atoms with Crippen molar-refractivity contribution in [1.82, 2.24) is 15.1 Å². The first-order valence-corrected chi connectivity index (χ1v) is 42.8. The Balaban J connectivity index is 0.000000672. The van der Waals surface area contributed by atoms with E-state index in [2.05, 4.69) is 130 Å². The summed E-state index contributed by atoms with van der Waals surface area (Å²) in [6.45, 7) is 73.2. The van der Waals surface area contributed by atoms with Crippen molar-refractivity contribution in [3.05, 3.63) is 234 Å². The fourth-order valence-corrected chi connectivity index (χ4v) is 10.8. The van der Waals surface area contributed by atoms with Crippen LogP contribution in [0, 0.1) is 49.1 Å². The van der Waals surface area contributed by atoms with Crippen LogP contribution in [0.2, 0.25) is 0 Å². The summed E-state index contributed by atoms with van der Waals surface area (Å²) < 4.78 is 87.8. The first kappa shape index (κ1) is 110. The molecule has 1 amide bonds. The molecular weight excluding hydrogens is 1520 g/mol. The summed E-state index contributed by atoms with van der Waals surface area (Å²) in [5.74, 6) is 6.46. The zero-order valence-electron chi connectivity index (χ0n) is 81.3. The first-order valence-electron chi connectivity index (χ1n) is 42.8. The van der Waals surface area contributed by atoms with Gasteiger partial charge in [-0.15, -0.1) is 0 Å². The average molecular weight is 1680 g/mol. The summed E-state index contributed by atoms with van der Waals surface area (Å²) >= 11 is 0. The van der Waals surface area contributed by atoms with Gasteiger partial charge in [-0.25, -0.2) is 13.2 Å². The Bertz CT molecular complexity index is 3900. The number of rotatable bonds is 11. The van der Waals surface area contributed by atoms with Gasteiger partial charge in [-0.05, 0) is 339 Å². The maximum Gasteiger partial charge on any atom is 0.225 e. The highest BCUT2D eigenvalue weighted by Gasteiger charge is 2.26. The normalized spacial score (nSPS) is 13.4. The minimum absolute atomic E-state index is 0.0959. The Morgan fingerprint density at radius 1 is 0.347 bits per heavy atom. The Morgan fingerprint density at radius 3 is 1.08 bits per heavy atom. The van der Waals surface area contributed by atoms with Crippen LogP contribution < -0.4 is 47.9 Å². The fraction of sp³-hybridized carbons (Fsp3) is 0.533. The van der Waals surface area contributed by atoms with Crippen LogP contribution in [0.15, 0.2) is 200 Å². The maximum atomic E-state index is 13.0. The number of ether oxygens (including phenoxy) is 9. The third-order valence-corrected chi connectivity index (χ3v) is 15.6. The number of hydrogen-bond acceptors (Lipinski definition) is 12. The van der Waals surface area contributed by atoms with Crippen molar-refractivity contribution >= 4 is 5.91 Å². The monoisotopic (exact) mass is 1680 g/mol. The van der Waals surface area contributed by atoms with E-state index in [0.29, 0.717) is 28.7 Å². The molecule has 8 aromatic carbocycles. The van der Waals surface area contributed by atoms with Gasteiger partial charge in [0.15, 0.2) is 11.6 Å². The molecule has 2 aliphatic rings. The van der Waals surface area contributed by atoms with Crippen molar-refractivity contribution in [2.24, 2.45) is 10.8 Å². The van der Waals surface area contributed by atoms with Crippen molar-refractivity contribution in [2.75, 3.05) is 46.9 Å². The molecule has 1 N–H and O–H groups in total. The Labute approximate surface area is 732 Å². The molecule has 10 rings (SSSR count). The highest BCUT2D eigenvalue weighted by atomic mass is 19.1. The van der Waals surface area contributed by atoms with Gasteiger partial charge in [-0.3, -0.25) is 4.79 Å². The number of aryl methyl sites for hydroxylation is 3. The molecule has 121 heavy (non-hydrogen) atoms. The number of para-hydroxylation sites is 3. The van der Waals surface area contributed by atoms with E-state index in [0.717, 1.165) is 34.5 Å². The third kappa shape index (κ3) is 62.0. The van der Waals surface area contributed by atoms with Gasteiger partial charge in [0.25, 0.3) is 0 Å². The number of benzene rings is 8. The van der Waals surface area contributed by atoms with Gasteiger partial charge in [0, 0.05) is 50.2 Å². The van der Waals surface area contributed by atoms with E-state index in [4.69, 9.17) is 42.6 Å². The number of methoxy groups -OCH3 is 1. The van der Waals surface area contributed by atoms with Crippen molar-refractivity contribution < 1.29 is 60.6 Å². The molecule has 0 atom stereocenters. The maximum absolute atomic E-state index is 13.0. The van der Waals surface area contributed by atoms with E-state index in [1.54, 1.807) is 49.6 Å². The summed E-state index contributed by atoms with van der Waals surface area (Å²) in [6, 6.07) is 60.8. The van der Waals surface area contributed by atoms with E-state index in [9.17, 15) is 18.0 Å². The molecule has 8 aromatic rings. The summed E-state index contributed by atoms with van der Waals surface area (Å²) in [5.41, 5.74) is 2.51. The number of hydrogen-bond donors (Lipinski definition) is 1. The van der Waals surface area contributed by atoms with E-state index in [1.165, 1.54) is 112 Å². The predicted molar refractivity (Wildman–Crippen MR) is 503 cm³/mol. The molecule has 13 nitrogen and oxygen atoms in total. The predicted octanol–water partition coefficient (Wildman–Crippen LogP) is 28.0. The van der Waals surface area contributed by atoms with Crippen molar-refractivity contribution in [3.63, 3.8) is 0 Å². The van der Waals surface area contributed by atoms with Gasteiger partial charge < -0.3 is 57.7 Å². The standard InChI is InChI=1S/C11H21NO.C11H16O2.3C11H16O.3C10H13FO.C10H22N2.C10H14O/c1-11(2,3)10(13)12-9-7-5-4-6-8-9;1-11(2,3)13-10-7-5-9(12-4)6-8-10;1-9-5-7-10(8-6-9)12-11(2,3)4;1-9-6-5-7-10(8-9)12-11(2,3)4;1-9-7-5-6-8-10(9)12-11(2,3)4;1-10(2,3)12-9-6-4-8(11)5-7-9;1-10(2,3)12-9-6-4-5-8(11)7-9;1-10(2,3)12-9-7-5-4-6-8(9)11;1-10(2,3)9-12-7-5-11(4)6-8-12;1-10(2,3)11-9-7-5-4-6-8-9/h9H,4-8H2,1-3H3,(H,12,13);5-8H,1-4H3;3*5-8H,1-4H3;3*4-7H,1-3H3;5-9H2,1-4H3;4-8H,1-3H3. The molecule has 1 saturated carbocycles.